The van der Waals surface area contributed by atoms with E-state index in [-0.39, 0.29) is 11.5 Å². The summed E-state index contributed by atoms with van der Waals surface area (Å²) in [6.45, 7) is 1.47. The lowest BCUT2D eigenvalue weighted by atomic mass is 10.1. The van der Waals surface area contributed by atoms with Crippen LogP contribution in [0.2, 0.25) is 0 Å². The summed E-state index contributed by atoms with van der Waals surface area (Å²) in [5, 5.41) is 10.6. The molecule has 0 saturated carbocycles. The van der Waals surface area contributed by atoms with Crippen LogP contribution in [-0.4, -0.2) is 31.4 Å². The van der Waals surface area contributed by atoms with Crippen molar-refractivity contribution in [3.05, 3.63) is 66.4 Å². The summed E-state index contributed by atoms with van der Waals surface area (Å²) in [6, 6.07) is 9.98. The Morgan fingerprint density at radius 2 is 2.00 bits per heavy atom. The molecule has 0 unspecified atom stereocenters. The van der Waals surface area contributed by atoms with Gasteiger partial charge in [0.25, 0.3) is 5.91 Å². The van der Waals surface area contributed by atoms with E-state index in [1.165, 1.54) is 6.92 Å². The second-order valence-electron chi connectivity index (χ2n) is 4.84. The number of hydrogen-bond acceptors (Lipinski definition) is 5. The molecular weight excluding hydrogens is 294 g/mol. The quantitative estimate of drug-likeness (QED) is 0.746. The molecule has 7 nitrogen and oxygen atoms in total. The third kappa shape index (κ3) is 3.29. The van der Waals surface area contributed by atoms with E-state index < -0.39 is 5.91 Å². The summed E-state index contributed by atoms with van der Waals surface area (Å²) in [4.78, 5) is 27.5. The maximum atomic E-state index is 12.2. The van der Waals surface area contributed by atoms with Crippen LogP contribution in [0, 0.1) is 0 Å². The van der Waals surface area contributed by atoms with Crippen molar-refractivity contribution in [1.29, 1.82) is 0 Å². The molecule has 0 saturated heterocycles. The second kappa shape index (κ2) is 6.18. The van der Waals surface area contributed by atoms with E-state index >= 15 is 0 Å². The molecule has 0 fully saturated rings. The van der Waals surface area contributed by atoms with Crippen LogP contribution in [0.15, 0.2) is 55.1 Å². The minimum absolute atomic E-state index is 0.0643. The maximum Gasteiger partial charge on any atom is 0.276 e. The Morgan fingerprint density at radius 1 is 1.13 bits per heavy atom. The Morgan fingerprint density at radius 3 is 2.65 bits per heavy atom. The van der Waals surface area contributed by atoms with Gasteiger partial charge in [-0.2, -0.15) is 0 Å². The molecule has 23 heavy (non-hydrogen) atoms. The predicted octanol–water partition coefficient (Wildman–Crippen LogP) is 2.12. The van der Waals surface area contributed by atoms with Crippen molar-refractivity contribution in [2.45, 2.75) is 6.92 Å². The smallest absolute Gasteiger partial charge is 0.276 e. The summed E-state index contributed by atoms with van der Waals surface area (Å²) < 4.78 is 1.69. The SMILES string of the molecule is CC(=O)c1cccc(NC(=O)c2ccc(-n3ccnc3)nn2)c1. The molecule has 0 aliphatic rings. The van der Waals surface area contributed by atoms with E-state index in [2.05, 4.69) is 20.5 Å². The van der Waals surface area contributed by atoms with Gasteiger partial charge < -0.3 is 5.32 Å². The van der Waals surface area contributed by atoms with Gasteiger partial charge in [0, 0.05) is 23.6 Å². The predicted molar refractivity (Wildman–Crippen MR) is 83.6 cm³/mol. The highest BCUT2D eigenvalue weighted by Gasteiger charge is 2.10. The van der Waals surface area contributed by atoms with E-state index in [9.17, 15) is 9.59 Å². The molecule has 3 rings (SSSR count). The summed E-state index contributed by atoms with van der Waals surface area (Å²) in [5.74, 6) is 0.110. The molecule has 0 spiro atoms. The van der Waals surface area contributed by atoms with Crippen molar-refractivity contribution in [3.8, 4) is 5.82 Å². The summed E-state index contributed by atoms with van der Waals surface area (Å²) in [7, 11) is 0. The summed E-state index contributed by atoms with van der Waals surface area (Å²) in [6.07, 6.45) is 4.96. The third-order valence-corrected chi connectivity index (χ3v) is 3.18. The number of rotatable bonds is 4. The molecule has 0 radical (unpaired) electrons. The standard InChI is InChI=1S/C16H13N5O2/c1-11(22)12-3-2-4-13(9-12)18-16(23)14-5-6-15(20-19-14)21-8-7-17-10-21/h2-10H,1H3,(H,18,23). The fourth-order valence-electron chi connectivity index (χ4n) is 1.99. The van der Waals surface area contributed by atoms with Crippen LogP contribution in [0.1, 0.15) is 27.8 Å². The van der Waals surface area contributed by atoms with Crippen LogP contribution in [0.3, 0.4) is 0 Å². The first-order valence-corrected chi connectivity index (χ1v) is 6.88. The van der Waals surface area contributed by atoms with E-state index in [1.807, 2.05) is 0 Å². The fraction of sp³-hybridized carbons (Fsp3) is 0.0625. The van der Waals surface area contributed by atoms with Gasteiger partial charge in [-0.05, 0) is 31.2 Å². The number of benzene rings is 1. The maximum absolute atomic E-state index is 12.2. The lowest BCUT2D eigenvalue weighted by Crippen LogP contribution is -2.15. The highest BCUT2D eigenvalue weighted by Crippen LogP contribution is 2.12. The van der Waals surface area contributed by atoms with E-state index in [0.717, 1.165) is 0 Å². The Kier molecular flexibility index (Phi) is 3.92. The topological polar surface area (TPSA) is 89.8 Å². The van der Waals surface area contributed by atoms with Crippen LogP contribution < -0.4 is 5.32 Å². The molecule has 7 heteroatoms. The molecule has 1 N–H and O–H groups in total. The molecule has 0 aliphatic carbocycles. The summed E-state index contributed by atoms with van der Waals surface area (Å²) >= 11 is 0. The molecule has 1 amide bonds. The number of carbonyl (C=O) groups is 2. The van der Waals surface area contributed by atoms with Crippen molar-refractivity contribution in [3.63, 3.8) is 0 Å². The van der Waals surface area contributed by atoms with Crippen LogP contribution in [-0.2, 0) is 0 Å². The minimum Gasteiger partial charge on any atom is -0.321 e. The largest absolute Gasteiger partial charge is 0.321 e. The van der Waals surface area contributed by atoms with E-state index in [0.29, 0.717) is 17.1 Å². The van der Waals surface area contributed by atoms with Crippen molar-refractivity contribution in [2.75, 3.05) is 5.32 Å². The number of hydrogen-bond donors (Lipinski definition) is 1. The Labute approximate surface area is 132 Å². The van der Waals surface area contributed by atoms with Crippen LogP contribution in [0.5, 0.6) is 0 Å². The molecule has 0 bridgehead atoms. The highest BCUT2D eigenvalue weighted by molar-refractivity contribution is 6.03. The van der Waals surface area contributed by atoms with E-state index in [1.54, 1.807) is 59.7 Å². The number of aromatic nitrogens is 4. The van der Waals surface area contributed by atoms with Gasteiger partial charge in [-0.1, -0.05) is 12.1 Å². The van der Waals surface area contributed by atoms with Gasteiger partial charge in [0.1, 0.15) is 6.33 Å². The van der Waals surface area contributed by atoms with Crippen LogP contribution in [0.4, 0.5) is 5.69 Å². The highest BCUT2D eigenvalue weighted by atomic mass is 16.2. The number of Topliss-reactive ketones (excluding diaryl/α,β-unsaturated/α-hetero) is 1. The van der Waals surface area contributed by atoms with Gasteiger partial charge in [-0.3, -0.25) is 14.2 Å². The fourth-order valence-corrected chi connectivity index (χ4v) is 1.99. The minimum atomic E-state index is -0.393. The number of amides is 1. The van der Waals surface area contributed by atoms with Gasteiger partial charge in [-0.15, -0.1) is 10.2 Å². The van der Waals surface area contributed by atoms with Crippen molar-refractivity contribution in [1.82, 2.24) is 19.7 Å². The monoisotopic (exact) mass is 307 g/mol. The van der Waals surface area contributed by atoms with Crippen LogP contribution in [0.25, 0.3) is 5.82 Å². The number of anilines is 1. The average Bonchev–Trinajstić information content (AvgIpc) is 3.09. The first kappa shape index (κ1) is 14.6. The molecule has 114 valence electrons. The molecule has 2 aromatic heterocycles. The third-order valence-electron chi connectivity index (χ3n) is 3.18. The van der Waals surface area contributed by atoms with Gasteiger partial charge in [0.2, 0.25) is 0 Å². The van der Waals surface area contributed by atoms with Gasteiger partial charge in [0.15, 0.2) is 17.3 Å². The normalized spacial score (nSPS) is 10.3. The zero-order valence-corrected chi connectivity index (χ0v) is 12.3. The molecule has 1 aromatic carbocycles. The zero-order chi connectivity index (χ0) is 16.2. The van der Waals surface area contributed by atoms with Gasteiger partial charge in [-0.25, -0.2) is 4.98 Å². The van der Waals surface area contributed by atoms with Crippen molar-refractivity contribution >= 4 is 17.4 Å². The van der Waals surface area contributed by atoms with Crippen molar-refractivity contribution < 1.29 is 9.59 Å². The Bertz CT molecular complexity index is 841. The Hall–Kier alpha value is -3.35. The number of nitrogens with one attached hydrogen (secondary N) is 1. The molecule has 0 atom stereocenters. The molecule has 0 aliphatic heterocycles. The first-order chi connectivity index (χ1) is 11.1. The Balaban J connectivity index is 1.76. The number of nitrogens with zero attached hydrogens (tertiary/aromatic N) is 4. The van der Waals surface area contributed by atoms with Crippen LogP contribution >= 0.6 is 0 Å². The molecule has 2 heterocycles. The molecule has 3 aromatic rings. The molecular formula is C16H13N5O2. The van der Waals surface area contributed by atoms with E-state index in [4.69, 9.17) is 0 Å². The summed E-state index contributed by atoms with van der Waals surface area (Å²) in [5.41, 5.74) is 1.25. The van der Waals surface area contributed by atoms with Crippen molar-refractivity contribution in [2.24, 2.45) is 0 Å². The lowest BCUT2D eigenvalue weighted by molar-refractivity contribution is 0.100. The number of carbonyl (C=O) groups excluding carboxylic acids is 2. The second-order valence-corrected chi connectivity index (χ2v) is 4.84. The zero-order valence-electron chi connectivity index (χ0n) is 12.3. The number of imidazole rings is 1. The average molecular weight is 307 g/mol. The lowest BCUT2D eigenvalue weighted by Gasteiger charge is -2.06. The van der Waals surface area contributed by atoms with Gasteiger partial charge >= 0.3 is 0 Å². The van der Waals surface area contributed by atoms with Gasteiger partial charge in [0.05, 0.1) is 0 Å². The first-order valence-electron chi connectivity index (χ1n) is 6.88. The number of ketones is 1.